The van der Waals surface area contributed by atoms with Crippen molar-refractivity contribution in [3.8, 4) is 11.4 Å². The van der Waals surface area contributed by atoms with Crippen LogP contribution in [0.25, 0.3) is 11.4 Å². The number of thioether (sulfide) groups is 1. The van der Waals surface area contributed by atoms with Crippen molar-refractivity contribution in [2.75, 3.05) is 5.32 Å². The summed E-state index contributed by atoms with van der Waals surface area (Å²) in [6.45, 7) is 1.77. The van der Waals surface area contributed by atoms with Gasteiger partial charge in [-0.3, -0.25) is 14.9 Å². The smallest absolute Gasteiger partial charge is 0.269 e. The summed E-state index contributed by atoms with van der Waals surface area (Å²) in [5.74, 6) is 0.499. The van der Waals surface area contributed by atoms with Crippen LogP contribution in [0.1, 0.15) is 6.92 Å². The minimum Gasteiger partial charge on any atom is -0.325 e. The standard InChI is InChI=1S/C18H17N5O3S/c1-12(17(24)19-14-8-10-15(11-9-14)23(25)26)27-18-21-20-16(22(18)2)13-6-4-3-5-7-13/h3-12H,1-2H3,(H,19,24). The van der Waals surface area contributed by atoms with Gasteiger partial charge in [-0.1, -0.05) is 42.1 Å². The molecular formula is C18H17N5O3S. The number of nitro benzene ring substituents is 1. The van der Waals surface area contributed by atoms with Crippen LogP contribution in [-0.4, -0.2) is 30.8 Å². The van der Waals surface area contributed by atoms with E-state index in [1.165, 1.54) is 36.0 Å². The molecule has 3 rings (SSSR count). The third-order valence-electron chi connectivity index (χ3n) is 3.86. The zero-order valence-corrected chi connectivity index (χ0v) is 15.5. The molecule has 1 heterocycles. The lowest BCUT2D eigenvalue weighted by atomic mass is 10.2. The first-order valence-corrected chi connectivity index (χ1v) is 9.00. The number of nitro groups is 1. The van der Waals surface area contributed by atoms with Gasteiger partial charge in [-0.2, -0.15) is 0 Å². The Morgan fingerprint density at radius 2 is 1.81 bits per heavy atom. The molecule has 0 spiro atoms. The van der Waals surface area contributed by atoms with E-state index < -0.39 is 10.2 Å². The van der Waals surface area contributed by atoms with Crippen molar-refractivity contribution in [2.45, 2.75) is 17.3 Å². The first-order chi connectivity index (χ1) is 13.0. The molecule has 1 atom stereocenters. The minimum absolute atomic E-state index is 0.0250. The van der Waals surface area contributed by atoms with Gasteiger partial charge in [0, 0.05) is 30.4 Å². The predicted molar refractivity (Wildman–Crippen MR) is 103 cm³/mol. The molecule has 0 fully saturated rings. The fraction of sp³-hybridized carbons (Fsp3) is 0.167. The fourth-order valence-electron chi connectivity index (χ4n) is 2.38. The van der Waals surface area contributed by atoms with Crippen LogP contribution in [0, 0.1) is 10.1 Å². The van der Waals surface area contributed by atoms with E-state index in [2.05, 4.69) is 15.5 Å². The van der Waals surface area contributed by atoms with Crippen LogP contribution >= 0.6 is 11.8 Å². The summed E-state index contributed by atoms with van der Waals surface area (Å²) < 4.78 is 1.84. The van der Waals surface area contributed by atoms with E-state index in [4.69, 9.17) is 0 Å². The Morgan fingerprint density at radius 1 is 1.15 bits per heavy atom. The van der Waals surface area contributed by atoms with E-state index >= 15 is 0 Å². The third-order valence-corrected chi connectivity index (χ3v) is 5.00. The van der Waals surface area contributed by atoms with E-state index in [1.54, 1.807) is 6.92 Å². The first kappa shape index (κ1) is 18.6. The minimum atomic E-state index is -0.484. The lowest BCUT2D eigenvalue weighted by Gasteiger charge is -2.11. The normalized spacial score (nSPS) is 11.8. The summed E-state index contributed by atoms with van der Waals surface area (Å²) in [4.78, 5) is 22.6. The average molecular weight is 383 g/mol. The molecule has 27 heavy (non-hydrogen) atoms. The number of carbonyl (C=O) groups excluding carboxylic acids is 1. The number of aromatic nitrogens is 3. The number of non-ortho nitro benzene ring substituents is 1. The van der Waals surface area contributed by atoms with Crippen LogP contribution in [0.3, 0.4) is 0 Å². The number of carbonyl (C=O) groups is 1. The maximum Gasteiger partial charge on any atom is 0.269 e. The van der Waals surface area contributed by atoms with Crippen molar-refractivity contribution in [1.29, 1.82) is 0 Å². The topological polar surface area (TPSA) is 103 Å². The van der Waals surface area contributed by atoms with Crippen LogP contribution < -0.4 is 5.32 Å². The number of anilines is 1. The maximum absolute atomic E-state index is 12.4. The lowest BCUT2D eigenvalue weighted by molar-refractivity contribution is -0.384. The summed E-state index contributed by atoms with van der Waals surface area (Å²) in [6, 6.07) is 15.4. The number of nitrogens with zero attached hydrogens (tertiary/aromatic N) is 4. The highest BCUT2D eigenvalue weighted by atomic mass is 32.2. The molecule has 0 aliphatic carbocycles. The molecule has 2 aromatic carbocycles. The average Bonchev–Trinajstić information content (AvgIpc) is 3.03. The lowest BCUT2D eigenvalue weighted by Crippen LogP contribution is -2.22. The molecule has 0 bridgehead atoms. The highest BCUT2D eigenvalue weighted by Crippen LogP contribution is 2.26. The number of nitrogens with one attached hydrogen (secondary N) is 1. The van der Waals surface area contributed by atoms with Gasteiger partial charge in [-0.15, -0.1) is 10.2 Å². The molecule has 0 aliphatic heterocycles. The number of benzene rings is 2. The number of hydrogen-bond donors (Lipinski definition) is 1. The summed E-state index contributed by atoms with van der Waals surface area (Å²) >= 11 is 1.29. The van der Waals surface area contributed by atoms with Crippen molar-refractivity contribution in [3.63, 3.8) is 0 Å². The zero-order chi connectivity index (χ0) is 19.4. The number of hydrogen-bond acceptors (Lipinski definition) is 6. The Hall–Kier alpha value is -3.20. The molecule has 1 N–H and O–H groups in total. The van der Waals surface area contributed by atoms with Crippen molar-refractivity contribution >= 4 is 29.0 Å². The molecule has 1 unspecified atom stereocenters. The number of rotatable bonds is 6. The van der Waals surface area contributed by atoms with Crippen LogP contribution in [0.15, 0.2) is 59.8 Å². The molecule has 0 aliphatic rings. The van der Waals surface area contributed by atoms with Gasteiger partial charge in [0.1, 0.15) is 0 Å². The van der Waals surface area contributed by atoms with E-state index in [0.29, 0.717) is 10.8 Å². The fourth-order valence-corrected chi connectivity index (χ4v) is 3.19. The quantitative estimate of drug-likeness (QED) is 0.397. The molecule has 1 aromatic heterocycles. The molecule has 0 saturated carbocycles. The van der Waals surface area contributed by atoms with Crippen molar-refractivity contribution in [3.05, 3.63) is 64.7 Å². The summed E-state index contributed by atoms with van der Waals surface area (Å²) in [7, 11) is 1.85. The zero-order valence-electron chi connectivity index (χ0n) is 14.7. The van der Waals surface area contributed by atoms with Crippen molar-refractivity contribution in [1.82, 2.24) is 14.8 Å². The molecule has 0 radical (unpaired) electrons. The van der Waals surface area contributed by atoms with Crippen LogP contribution in [-0.2, 0) is 11.8 Å². The summed E-state index contributed by atoms with van der Waals surface area (Å²) in [5.41, 5.74) is 1.42. The van der Waals surface area contributed by atoms with Gasteiger partial charge >= 0.3 is 0 Å². The van der Waals surface area contributed by atoms with E-state index in [9.17, 15) is 14.9 Å². The Kier molecular flexibility index (Phi) is 5.51. The Labute approximate surface area is 159 Å². The molecular weight excluding hydrogens is 366 g/mol. The van der Waals surface area contributed by atoms with Crippen molar-refractivity contribution in [2.24, 2.45) is 7.05 Å². The van der Waals surface area contributed by atoms with Gasteiger partial charge in [-0.05, 0) is 19.1 Å². The van der Waals surface area contributed by atoms with Crippen molar-refractivity contribution < 1.29 is 9.72 Å². The van der Waals surface area contributed by atoms with Gasteiger partial charge in [0.25, 0.3) is 5.69 Å². The van der Waals surface area contributed by atoms with Crippen LogP contribution in [0.4, 0.5) is 11.4 Å². The summed E-state index contributed by atoms with van der Waals surface area (Å²) in [5, 5.41) is 22.0. The van der Waals surface area contributed by atoms with Gasteiger partial charge in [0.15, 0.2) is 11.0 Å². The van der Waals surface area contributed by atoms with E-state index in [1.807, 2.05) is 41.9 Å². The monoisotopic (exact) mass is 383 g/mol. The van der Waals surface area contributed by atoms with Gasteiger partial charge in [0.2, 0.25) is 5.91 Å². The van der Waals surface area contributed by atoms with Gasteiger partial charge < -0.3 is 9.88 Å². The second kappa shape index (κ2) is 8.00. The SMILES string of the molecule is CC(Sc1nnc(-c2ccccc2)n1C)C(=O)Nc1ccc([N+](=O)[O-])cc1. The molecule has 0 saturated heterocycles. The van der Waals surface area contributed by atoms with Gasteiger partial charge in [0.05, 0.1) is 10.2 Å². The second-order valence-corrected chi connectivity index (χ2v) is 7.09. The first-order valence-electron chi connectivity index (χ1n) is 8.12. The van der Waals surface area contributed by atoms with Crippen LogP contribution in [0.5, 0.6) is 0 Å². The molecule has 3 aromatic rings. The largest absolute Gasteiger partial charge is 0.325 e. The maximum atomic E-state index is 12.4. The van der Waals surface area contributed by atoms with Gasteiger partial charge in [-0.25, -0.2) is 0 Å². The van der Waals surface area contributed by atoms with Crippen LogP contribution in [0.2, 0.25) is 0 Å². The summed E-state index contributed by atoms with van der Waals surface area (Å²) in [6.07, 6.45) is 0. The molecule has 8 nitrogen and oxygen atoms in total. The predicted octanol–water partition coefficient (Wildman–Crippen LogP) is 3.51. The third kappa shape index (κ3) is 4.32. The Morgan fingerprint density at radius 3 is 2.44 bits per heavy atom. The Balaban J connectivity index is 1.66. The highest BCUT2D eigenvalue weighted by molar-refractivity contribution is 8.00. The second-order valence-electron chi connectivity index (χ2n) is 5.78. The Bertz CT molecular complexity index is 957. The highest BCUT2D eigenvalue weighted by Gasteiger charge is 2.19. The van der Waals surface area contributed by atoms with E-state index in [-0.39, 0.29) is 11.6 Å². The van der Waals surface area contributed by atoms with E-state index in [0.717, 1.165) is 11.4 Å². The molecule has 138 valence electrons. The molecule has 9 heteroatoms. The molecule has 1 amide bonds. The number of amides is 1.